The monoisotopic (exact) mass is 480 g/mol. The molecule has 1 saturated heterocycles. The SMILES string of the molecule is CC(NC(=O)C(C)N1CCN(CC(=O)Nc2ccccc2C(F)(F)F)CC1)C1CC2CCC1C2. The fraction of sp³-hybridized carbons (Fsp3) is 0.680. The van der Waals surface area contributed by atoms with Crippen LogP contribution in [0.15, 0.2) is 24.3 Å². The molecule has 2 N–H and O–H groups in total. The topological polar surface area (TPSA) is 64.7 Å². The predicted octanol–water partition coefficient (Wildman–Crippen LogP) is 3.59. The molecule has 0 radical (unpaired) electrons. The van der Waals surface area contributed by atoms with E-state index in [0.29, 0.717) is 32.1 Å². The van der Waals surface area contributed by atoms with Crippen LogP contribution in [0.2, 0.25) is 0 Å². The Morgan fingerprint density at radius 1 is 1.06 bits per heavy atom. The minimum absolute atomic E-state index is 0.0158. The minimum atomic E-state index is -4.53. The summed E-state index contributed by atoms with van der Waals surface area (Å²) >= 11 is 0. The number of alkyl halides is 3. The van der Waals surface area contributed by atoms with Gasteiger partial charge in [0.25, 0.3) is 0 Å². The van der Waals surface area contributed by atoms with Crippen molar-refractivity contribution in [1.82, 2.24) is 15.1 Å². The van der Waals surface area contributed by atoms with Gasteiger partial charge in [0.15, 0.2) is 0 Å². The third-order valence-corrected chi connectivity index (χ3v) is 8.01. The van der Waals surface area contributed by atoms with Gasteiger partial charge in [0.05, 0.1) is 23.8 Å². The van der Waals surface area contributed by atoms with Gasteiger partial charge in [0, 0.05) is 32.2 Å². The largest absolute Gasteiger partial charge is 0.418 e. The van der Waals surface area contributed by atoms with E-state index in [1.54, 1.807) is 0 Å². The molecule has 34 heavy (non-hydrogen) atoms. The number of piperazine rings is 1. The molecule has 0 spiro atoms. The molecule has 5 unspecified atom stereocenters. The molecule has 1 heterocycles. The molecule has 3 aliphatic rings. The summed E-state index contributed by atoms with van der Waals surface area (Å²) in [6.07, 6.45) is 0.658. The lowest BCUT2D eigenvalue weighted by Gasteiger charge is -2.38. The standard InChI is InChI=1S/C25H35F3N4O2/c1-16(20-14-18-7-8-19(20)13-18)29-24(34)17(2)32-11-9-31(10-12-32)15-23(33)30-22-6-4-3-5-21(22)25(26,27)28/h3-6,16-20H,7-15H2,1-2H3,(H,29,34)(H,30,33). The van der Waals surface area contributed by atoms with Gasteiger partial charge in [-0.25, -0.2) is 0 Å². The van der Waals surface area contributed by atoms with Crippen molar-refractivity contribution in [3.05, 3.63) is 29.8 Å². The second kappa shape index (κ2) is 10.2. The highest BCUT2D eigenvalue weighted by Crippen LogP contribution is 2.49. The Balaban J connectivity index is 1.22. The van der Waals surface area contributed by atoms with E-state index in [9.17, 15) is 22.8 Å². The molecule has 9 heteroatoms. The number of nitrogens with zero attached hydrogens (tertiary/aromatic N) is 2. The molecule has 4 rings (SSSR count). The molecule has 5 atom stereocenters. The van der Waals surface area contributed by atoms with Gasteiger partial charge in [-0.1, -0.05) is 18.6 Å². The zero-order chi connectivity index (χ0) is 24.5. The second-order valence-corrected chi connectivity index (χ2v) is 10.2. The summed E-state index contributed by atoms with van der Waals surface area (Å²) in [5.74, 6) is 1.76. The average molecular weight is 481 g/mol. The fourth-order valence-corrected chi connectivity index (χ4v) is 6.07. The Hall–Kier alpha value is -2.13. The Morgan fingerprint density at radius 2 is 1.76 bits per heavy atom. The predicted molar refractivity (Wildman–Crippen MR) is 124 cm³/mol. The second-order valence-electron chi connectivity index (χ2n) is 10.2. The lowest BCUT2D eigenvalue weighted by molar-refractivity contribution is -0.137. The summed E-state index contributed by atoms with van der Waals surface area (Å²) in [6, 6.07) is 4.92. The van der Waals surface area contributed by atoms with Crippen LogP contribution in [-0.2, 0) is 15.8 Å². The minimum Gasteiger partial charge on any atom is -0.352 e. The lowest BCUT2D eigenvalue weighted by atomic mass is 9.84. The smallest absolute Gasteiger partial charge is 0.352 e. The molecule has 2 aliphatic carbocycles. The van der Waals surface area contributed by atoms with Gasteiger partial charge in [-0.2, -0.15) is 13.2 Å². The molecule has 0 aromatic heterocycles. The summed E-state index contributed by atoms with van der Waals surface area (Å²) in [5, 5.41) is 5.64. The zero-order valence-electron chi connectivity index (χ0n) is 19.9. The van der Waals surface area contributed by atoms with E-state index >= 15 is 0 Å². The quantitative estimate of drug-likeness (QED) is 0.626. The third kappa shape index (κ3) is 5.74. The Labute approximate surface area is 199 Å². The van der Waals surface area contributed by atoms with Crippen LogP contribution in [0, 0.1) is 17.8 Å². The van der Waals surface area contributed by atoms with E-state index < -0.39 is 17.6 Å². The van der Waals surface area contributed by atoms with Crippen molar-refractivity contribution in [3.8, 4) is 0 Å². The highest BCUT2D eigenvalue weighted by atomic mass is 19.4. The van der Waals surface area contributed by atoms with Gasteiger partial charge in [0.1, 0.15) is 0 Å². The van der Waals surface area contributed by atoms with Crippen LogP contribution in [-0.4, -0.2) is 66.4 Å². The Bertz CT molecular complexity index is 885. The van der Waals surface area contributed by atoms with Crippen LogP contribution in [0.5, 0.6) is 0 Å². The van der Waals surface area contributed by atoms with E-state index in [2.05, 4.69) is 22.5 Å². The summed E-state index contributed by atoms with van der Waals surface area (Å²) in [6.45, 7) is 6.47. The number of nitrogens with one attached hydrogen (secondary N) is 2. The number of hydrogen-bond acceptors (Lipinski definition) is 4. The molecule has 3 fully saturated rings. The van der Waals surface area contributed by atoms with Crippen LogP contribution < -0.4 is 10.6 Å². The summed E-state index contributed by atoms with van der Waals surface area (Å²) < 4.78 is 39.4. The number of benzene rings is 1. The summed E-state index contributed by atoms with van der Waals surface area (Å²) in [5.41, 5.74) is -1.08. The van der Waals surface area contributed by atoms with Gasteiger partial charge in [0.2, 0.25) is 11.8 Å². The molecule has 2 amide bonds. The van der Waals surface area contributed by atoms with Gasteiger partial charge < -0.3 is 10.6 Å². The van der Waals surface area contributed by atoms with E-state index in [0.717, 1.165) is 17.9 Å². The van der Waals surface area contributed by atoms with E-state index in [4.69, 9.17) is 0 Å². The van der Waals surface area contributed by atoms with Crippen LogP contribution in [0.3, 0.4) is 0 Å². The molecule has 2 bridgehead atoms. The number of amides is 2. The average Bonchev–Trinajstić information content (AvgIpc) is 3.42. The number of halogens is 3. The first-order valence-electron chi connectivity index (χ1n) is 12.3. The number of fused-ring (bicyclic) bond motifs is 2. The van der Waals surface area contributed by atoms with Gasteiger partial charge in [-0.15, -0.1) is 0 Å². The number of para-hydroxylation sites is 1. The van der Waals surface area contributed by atoms with Crippen LogP contribution in [0.4, 0.5) is 18.9 Å². The van der Waals surface area contributed by atoms with Crippen molar-refractivity contribution < 1.29 is 22.8 Å². The van der Waals surface area contributed by atoms with Crippen LogP contribution >= 0.6 is 0 Å². The molecule has 1 aromatic carbocycles. The molecule has 2 saturated carbocycles. The summed E-state index contributed by atoms with van der Waals surface area (Å²) in [4.78, 5) is 29.3. The normalized spacial score (nSPS) is 27.4. The highest BCUT2D eigenvalue weighted by molar-refractivity contribution is 5.93. The molecule has 6 nitrogen and oxygen atoms in total. The van der Waals surface area contributed by atoms with Crippen molar-refractivity contribution in [1.29, 1.82) is 0 Å². The maximum Gasteiger partial charge on any atom is 0.418 e. The number of carbonyl (C=O) groups excluding carboxylic acids is 2. The molecule has 188 valence electrons. The lowest BCUT2D eigenvalue weighted by Crippen LogP contribution is -2.56. The molecular formula is C25H35F3N4O2. The van der Waals surface area contributed by atoms with E-state index in [-0.39, 0.29) is 30.2 Å². The number of rotatable bonds is 7. The molecule has 1 aliphatic heterocycles. The van der Waals surface area contributed by atoms with Crippen molar-refractivity contribution in [2.24, 2.45) is 17.8 Å². The Kier molecular flexibility index (Phi) is 7.52. The van der Waals surface area contributed by atoms with Crippen molar-refractivity contribution in [2.45, 2.75) is 57.8 Å². The van der Waals surface area contributed by atoms with Crippen LogP contribution in [0.25, 0.3) is 0 Å². The van der Waals surface area contributed by atoms with E-state index in [1.807, 2.05) is 11.8 Å². The fourth-order valence-electron chi connectivity index (χ4n) is 6.07. The maximum absolute atomic E-state index is 13.1. The first-order chi connectivity index (χ1) is 16.1. The maximum atomic E-state index is 13.1. The highest BCUT2D eigenvalue weighted by Gasteiger charge is 2.42. The summed E-state index contributed by atoms with van der Waals surface area (Å²) in [7, 11) is 0. The van der Waals surface area contributed by atoms with Crippen molar-refractivity contribution >= 4 is 17.5 Å². The zero-order valence-corrected chi connectivity index (χ0v) is 19.9. The van der Waals surface area contributed by atoms with E-state index in [1.165, 1.54) is 43.9 Å². The first kappa shape index (κ1) is 25.0. The molecular weight excluding hydrogens is 445 g/mol. The Morgan fingerprint density at radius 3 is 2.38 bits per heavy atom. The third-order valence-electron chi connectivity index (χ3n) is 8.01. The van der Waals surface area contributed by atoms with Crippen molar-refractivity contribution in [3.63, 3.8) is 0 Å². The van der Waals surface area contributed by atoms with Crippen LogP contribution in [0.1, 0.15) is 45.1 Å². The first-order valence-corrected chi connectivity index (χ1v) is 12.3. The van der Waals surface area contributed by atoms with Gasteiger partial charge in [-0.3, -0.25) is 19.4 Å². The van der Waals surface area contributed by atoms with Crippen molar-refractivity contribution in [2.75, 3.05) is 38.0 Å². The molecule has 1 aromatic rings. The van der Waals surface area contributed by atoms with Gasteiger partial charge >= 0.3 is 6.18 Å². The number of hydrogen-bond donors (Lipinski definition) is 2. The van der Waals surface area contributed by atoms with Gasteiger partial charge in [-0.05, 0) is 63.0 Å². The number of carbonyl (C=O) groups is 2. The number of anilines is 1.